The summed E-state index contributed by atoms with van der Waals surface area (Å²) in [6.07, 6.45) is 0. The minimum absolute atomic E-state index is 0.0649. The molecule has 3 aromatic carbocycles. The zero-order chi connectivity index (χ0) is 26.6. The van der Waals surface area contributed by atoms with Crippen LogP contribution in [-0.4, -0.2) is 32.1 Å². The maximum atomic E-state index is 12.6. The van der Waals surface area contributed by atoms with E-state index in [1.165, 1.54) is 22.9 Å². The highest BCUT2D eigenvalue weighted by Crippen LogP contribution is 2.30. The Bertz CT molecular complexity index is 1420. The number of nitrogens with zero attached hydrogens (tertiary/aromatic N) is 4. The molecule has 0 aliphatic carbocycles. The third kappa shape index (κ3) is 6.76. The molecule has 1 heterocycles. The first-order valence-corrected chi connectivity index (χ1v) is 13.7. The van der Waals surface area contributed by atoms with E-state index in [1.54, 1.807) is 0 Å². The summed E-state index contributed by atoms with van der Waals surface area (Å²) in [4.78, 5) is 12.6. The number of aromatic nitrogens is 3. The monoisotopic (exact) mass is 575 g/mol. The second kappa shape index (κ2) is 11.4. The fraction of sp³-hybridized carbons (Fsp3) is 0.241. The van der Waals surface area contributed by atoms with Gasteiger partial charge in [-0.3, -0.25) is 9.36 Å². The fourth-order valence-corrected chi connectivity index (χ4v) is 4.83. The molecule has 6 nitrogen and oxygen atoms in total. The Morgan fingerprint density at radius 2 is 1.73 bits per heavy atom. The standard InChI is InChI=1S/C29H30BrN5OS/c1-19-9-15-25(16-10-19)35-27(21-11-13-23(14-12-21)29(3,4)5)33-34-28(35)37-18-26(36)32-31-20(2)22-7-6-8-24(30)17-22/h6-17H,18H2,1-5H3,(H,32,36)/b31-20+. The summed E-state index contributed by atoms with van der Waals surface area (Å²) in [5, 5.41) is 13.8. The highest BCUT2D eigenvalue weighted by atomic mass is 79.9. The van der Waals surface area contributed by atoms with Gasteiger partial charge in [0, 0.05) is 15.7 Å². The molecule has 0 unspecified atom stereocenters. The molecule has 0 saturated heterocycles. The number of nitrogens with one attached hydrogen (secondary N) is 1. The minimum Gasteiger partial charge on any atom is -0.272 e. The molecule has 0 bridgehead atoms. The number of carbonyl (C=O) groups is 1. The molecule has 8 heteroatoms. The summed E-state index contributed by atoms with van der Waals surface area (Å²) in [6.45, 7) is 10.5. The Labute approximate surface area is 230 Å². The Morgan fingerprint density at radius 1 is 1.03 bits per heavy atom. The van der Waals surface area contributed by atoms with Crippen LogP contribution >= 0.6 is 27.7 Å². The topological polar surface area (TPSA) is 72.2 Å². The van der Waals surface area contributed by atoms with E-state index in [0.29, 0.717) is 5.16 Å². The number of halogens is 1. The molecule has 190 valence electrons. The zero-order valence-electron chi connectivity index (χ0n) is 21.6. The summed E-state index contributed by atoms with van der Waals surface area (Å²) in [6, 6.07) is 24.4. The molecule has 0 saturated carbocycles. The normalized spacial score (nSPS) is 12.0. The van der Waals surface area contributed by atoms with Crippen LogP contribution in [0.15, 0.2) is 87.5 Å². The fourth-order valence-electron chi connectivity index (χ4n) is 3.68. The lowest BCUT2D eigenvalue weighted by Crippen LogP contribution is -2.21. The first kappa shape index (κ1) is 26.8. The van der Waals surface area contributed by atoms with Crippen LogP contribution in [0.5, 0.6) is 0 Å². The van der Waals surface area contributed by atoms with Gasteiger partial charge in [0.25, 0.3) is 5.91 Å². The van der Waals surface area contributed by atoms with Crippen LogP contribution < -0.4 is 5.43 Å². The SMILES string of the molecule is C/C(=N\NC(=O)CSc1nnc(-c2ccc(C(C)(C)C)cc2)n1-c1ccc(C)cc1)c1cccc(Br)c1. The summed E-state index contributed by atoms with van der Waals surface area (Å²) in [5.74, 6) is 0.673. The van der Waals surface area contributed by atoms with Crippen molar-refractivity contribution in [3.63, 3.8) is 0 Å². The molecule has 1 aromatic heterocycles. The molecular formula is C29H30BrN5OS. The van der Waals surface area contributed by atoms with E-state index in [9.17, 15) is 4.79 Å². The van der Waals surface area contributed by atoms with Crippen molar-refractivity contribution in [3.05, 3.63) is 94.0 Å². The quantitative estimate of drug-likeness (QED) is 0.147. The predicted octanol–water partition coefficient (Wildman–Crippen LogP) is 6.94. The largest absolute Gasteiger partial charge is 0.272 e. The van der Waals surface area contributed by atoms with Crippen molar-refractivity contribution in [3.8, 4) is 17.1 Å². The van der Waals surface area contributed by atoms with Gasteiger partial charge in [0.1, 0.15) is 0 Å². The molecule has 4 rings (SSSR count). The van der Waals surface area contributed by atoms with Crippen molar-refractivity contribution >= 4 is 39.3 Å². The predicted molar refractivity (Wildman–Crippen MR) is 155 cm³/mol. The lowest BCUT2D eigenvalue weighted by molar-refractivity contribution is -0.118. The van der Waals surface area contributed by atoms with E-state index in [1.807, 2.05) is 47.9 Å². The zero-order valence-corrected chi connectivity index (χ0v) is 24.0. The average molecular weight is 577 g/mol. The molecule has 37 heavy (non-hydrogen) atoms. The molecule has 0 fully saturated rings. The van der Waals surface area contributed by atoms with Gasteiger partial charge in [0.2, 0.25) is 0 Å². The Balaban J connectivity index is 1.56. The van der Waals surface area contributed by atoms with Crippen LogP contribution in [0.25, 0.3) is 17.1 Å². The van der Waals surface area contributed by atoms with Crippen molar-refractivity contribution in [1.82, 2.24) is 20.2 Å². The van der Waals surface area contributed by atoms with Gasteiger partial charge >= 0.3 is 0 Å². The highest BCUT2D eigenvalue weighted by Gasteiger charge is 2.19. The number of hydrogen-bond donors (Lipinski definition) is 1. The molecule has 1 N–H and O–H groups in total. The average Bonchev–Trinajstić information content (AvgIpc) is 3.30. The number of aryl methyl sites for hydroxylation is 1. The Kier molecular flexibility index (Phi) is 8.29. The maximum Gasteiger partial charge on any atom is 0.250 e. The van der Waals surface area contributed by atoms with Gasteiger partial charge in [-0.1, -0.05) is 103 Å². The molecule has 4 aromatic rings. The second-order valence-corrected chi connectivity index (χ2v) is 11.7. The van der Waals surface area contributed by atoms with Crippen molar-refractivity contribution in [1.29, 1.82) is 0 Å². The van der Waals surface area contributed by atoms with Crippen LogP contribution in [0, 0.1) is 6.92 Å². The number of rotatable bonds is 7. The third-order valence-corrected chi connectivity index (χ3v) is 7.28. The van der Waals surface area contributed by atoms with Crippen LogP contribution in [0.2, 0.25) is 0 Å². The van der Waals surface area contributed by atoms with Crippen molar-refractivity contribution in [2.45, 2.75) is 45.2 Å². The van der Waals surface area contributed by atoms with E-state index in [-0.39, 0.29) is 17.1 Å². The molecule has 0 spiro atoms. The first-order valence-electron chi connectivity index (χ1n) is 12.0. The van der Waals surface area contributed by atoms with Crippen molar-refractivity contribution < 1.29 is 4.79 Å². The number of thioether (sulfide) groups is 1. The minimum atomic E-state index is -0.214. The molecule has 0 radical (unpaired) electrons. The maximum absolute atomic E-state index is 12.6. The second-order valence-electron chi connectivity index (χ2n) is 9.84. The number of carbonyl (C=O) groups excluding carboxylic acids is 1. The smallest absolute Gasteiger partial charge is 0.250 e. The summed E-state index contributed by atoms with van der Waals surface area (Å²) < 4.78 is 2.96. The molecule has 1 amide bonds. The summed E-state index contributed by atoms with van der Waals surface area (Å²) in [5.41, 5.74) is 8.70. The summed E-state index contributed by atoms with van der Waals surface area (Å²) in [7, 11) is 0. The molecular weight excluding hydrogens is 546 g/mol. The molecule has 0 aliphatic heterocycles. The van der Waals surface area contributed by atoms with Crippen LogP contribution in [0.1, 0.15) is 44.4 Å². The van der Waals surface area contributed by atoms with Gasteiger partial charge in [0.05, 0.1) is 11.5 Å². The van der Waals surface area contributed by atoms with Gasteiger partial charge in [-0.05, 0) is 54.7 Å². The number of amides is 1. The van der Waals surface area contributed by atoms with E-state index < -0.39 is 0 Å². The lowest BCUT2D eigenvalue weighted by Gasteiger charge is -2.19. The summed E-state index contributed by atoms with van der Waals surface area (Å²) >= 11 is 4.79. The third-order valence-electron chi connectivity index (χ3n) is 5.86. The van der Waals surface area contributed by atoms with Crippen molar-refractivity contribution in [2.75, 3.05) is 5.75 Å². The highest BCUT2D eigenvalue weighted by molar-refractivity contribution is 9.10. The van der Waals surface area contributed by atoms with Gasteiger partial charge in [-0.25, -0.2) is 5.43 Å². The van der Waals surface area contributed by atoms with E-state index in [2.05, 4.69) is 101 Å². The van der Waals surface area contributed by atoms with Crippen LogP contribution in [0.3, 0.4) is 0 Å². The van der Waals surface area contributed by atoms with Gasteiger partial charge in [-0.15, -0.1) is 10.2 Å². The van der Waals surface area contributed by atoms with Gasteiger partial charge in [-0.2, -0.15) is 5.10 Å². The Morgan fingerprint density at radius 3 is 2.38 bits per heavy atom. The van der Waals surface area contributed by atoms with Crippen molar-refractivity contribution in [2.24, 2.45) is 5.10 Å². The Hall–Kier alpha value is -3.23. The van der Waals surface area contributed by atoms with Crippen LogP contribution in [0.4, 0.5) is 0 Å². The van der Waals surface area contributed by atoms with Crippen LogP contribution in [-0.2, 0) is 10.2 Å². The molecule has 0 atom stereocenters. The first-order chi connectivity index (χ1) is 17.6. The van der Waals surface area contributed by atoms with E-state index in [4.69, 9.17) is 0 Å². The number of benzene rings is 3. The molecule has 0 aliphatic rings. The number of hydrogen-bond acceptors (Lipinski definition) is 5. The van der Waals surface area contributed by atoms with Gasteiger partial charge < -0.3 is 0 Å². The van der Waals surface area contributed by atoms with Gasteiger partial charge in [0.15, 0.2) is 11.0 Å². The van der Waals surface area contributed by atoms with E-state index in [0.717, 1.165) is 32.8 Å². The number of hydrazone groups is 1. The lowest BCUT2D eigenvalue weighted by atomic mass is 9.87. The van der Waals surface area contributed by atoms with E-state index >= 15 is 0 Å².